The van der Waals surface area contributed by atoms with Crippen LogP contribution in [0.3, 0.4) is 0 Å². The van der Waals surface area contributed by atoms with Crippen LogP contribution >= 0.6 is 23.4 Å². The van der Waals surface area contributed by atoms with E-state index in [2.05, 4.69) is 51.2 Å². The summed E-state index contributed by atoms with van der Waals surface area (Å²) in [5.74, 6) is 1.14. The van der Waals surface area contributed by atoms with Crippen LogP contribution in [0.25, 0.3) is 0 Å². The molecule has 1 rings (SSSR count). The molecule has 0 aliphatic heterocycles. The van der Waals surface area contributed by atoms with E-state index >= 15 is 0 Å². The number of halogens is 1. The van der Waals surface area contributed by atoms with Gasteiger partial charge in [0.05, 0.1) is 0 Å². The molecule has 3 heteroatoms. The second-order valence-electron chi connectivity index (χ2n) is 5.33. The van der Waals surface area contributed by atoms with Gasteiger partial charge in [-0.15, -0.1) is 0 Å². The van der Waals surface area contributed by atoms with Gasteiger partial charge in [0.1, 0.15) is 0 Å². The van der Waals surface area contributed by atoms with E-state index < -0.39 is 0 Å². The summed E-state index contributed by atoms with van der Waals surface area (Å²) < 4.78 is 0. The Balaban J connectivity index is 2.63. The topological polar surface area (TPSA) is 12.0 Å². The smallest absolute Gasteiger partial charge is 0.0441 e. The summed E-state index contributed by atoms with van der Waals surface area (Å²) in [4.78, 5) is 0. The lowest BCUT2D eigenvalue weighted by atomic mass is 10.1. The van der Waals surface area contributed by atoms with E-state index in [0.29, 0.717) is 11.3 Å². The SMILES string of the molecule is CCCNC(CSC(C)C)Cc1ccc(C)cc1Cl. The second kappa shape index (κ2) is 8.89. The monoisotopic (exact) mass is 299 g/mol. The van der Waals surface area contributed by atoms with Crippen molar-refractivity contribution in [1.82, 2.24) is 5.32 Å². The predicted molar refractivity (Wildman–Crippen MR) is 89.6 cm³/mol. The maximum atomic E-state index is 6.34. The van der Waals surface area contributed by atoms with E-state index in [-0.39, 0.29) is 0 Å². The summed E-state index contributed by atoms with van der Waals surface area (Å²) >= 11 is 8.35. The molecule has 1 nitrogen and oxygen atoms in total. The van der Waals surface area contributed by atoms with Gasteiger partial charge in [0.2, 0.25) is 0 Å². The van der Waals surface area contributed by atoms with E-state index in [1.807, 2.05) is 11.8 Å². The Hall–Kier alpha value is -0.180. The van der Waals surface area contributed by atoms with Gasteiger partial charge in [-0.1, -0.05) is 44.5 Å². The molecule has 0 heterocycles. The van der Waals surface area contributed by atoms with E-state index in [1.165, 1.54) is 17.5 Å². The molecule has 108 valence electrons. The average Bonchev–Trinajstić information content (AvgIpc) is 2.35. The molecule has 1 atom stereocenters. The van der Waals surface area contributed by atoms with E-state index in [0.717, 1.165) is 23.7 Å². The summed E-state index contributed by atoms with van der Waals surface area (Å²) in [5, 5.41) is 5.22. The van der Waals surface area contributed by atoms with Crippen molar-refractivity contribution in [3.05, 3.63) is 34.3 Å². The third kappa shape index (κ3) is 6.69. The molecule has 1 unspecified atom stereocenters. The Morgan fingerprint density at radius 3 is 2.63 bits per heavy atom. The van der Waals surface area contributed by atoms with Crippen LogP contribution in [0.4, 0.5) is 0 Å². The van der Waals surface area contributed by atoms with Crippen molar-refractivity contribution in [2.24, 2.45) is 0 Å². The molecular formula is C16H26ClNS. The predicted octanol–water partition coefficient (Wildman–Crippen LogP) is 4.70. The van der Waals surface area contributed by atoms with Gasteiger partial charge in [-0.25, -0.2) is 0 Å². The summed E-state index contributed by atoms with van der Waals surface area (Å²) in [6.07, 6.45) is 2.18. The van der Waals surface area contributed by atoms with E-state index in [4.69, 9.17) is 11.6 Å². The van der Waals surface area contributed by atoms with Crippen molar-refractivity contribution in [2.75, 3.05) is 12.3 Å². The highest BCUT2D eigenvalue weighted by Crippen LogP contribution is 2.21. The highest BCUT2D eigenvalue weighted by Gasteiger charge is 2.12. The van der Waals surface area contributed by atoms with Crippen molar-refractivity contribution in [3.63, 3.8) is 0 Å². The number of thioether (sulfide) groups is 1. The molecular weight excluding hydrogens is 274 g/mol. The van der Waals surface area contributed by atoms with Crippen molar-refractivity contribution in [1.29, 1.82) is 0 Å². The van der Waals surface area contributed by atoms with Crippen LogP contribution in [0.1, 0.15) is 38.3 Å². The largest absolute Gasteiger partial charge is 0.313 e. The molecule has 0 aliphatic rings. The summed E-state index contributed by atoms with van der Waals surface area (Å²) in [7, 11) is 0. The van der Waals surface area contributed by atoms with Crippen LogP contribution in [0.5, 0.6) is 0 Å². The van der Waals surface area contributed by atoms with Crippen LogP contribution in [0.2, 0.25) is 5.02 Å². The zero-order chi connectivity index (χ0) is 14.3. The van der Waals surface area contributed by atoms with Gasteiger partial charge >= 0.3 is 0 Å². The standard InChI is InChI=1S/C16H26ClNS/c1-5-8-18-15(11-19-12(2)3)10-14-7-6-13(4)9-16(14)17/h6-7,9,12,15,18H,5,8,10-11H2,1-4H3. The van der Waals surface area contributed by atoms with Crippen LogP contribution < -0.4 is 5.32 Å². The minimum Gasteiger partial charge on any atom is -0.313 e. The lowest BCUT2D eigenvalue weighted by molar-refractivity contribution is 0.550. The van der Waals surface area contributed by atoms with Gasteiger partial charge in [0, 0.05) is 16.8 Å². The quantitative estimate of drug-likeness (QED) is 0.746. The fourth-order valence-electron chi connectivity index (χ4n) is 1.93. The Kier molecular flexibility index (Phi) is 7.89. The minimum atomic E-state index is 0.507. The average molecular weight is 300 g/mol. The van der Waals surface area contributed by atoms with Crippen LogP contribution in [0, 0.1) is 6.92 Å². The lowest BCUT2D eigenvalue weighted by Crippen LogP contribution is -2.34. The Bertz CT molecular complexity index is 379. The van der Waals surface area contributed by atoms with Gasteiger partial charge in [-0.2, -0.15) is 11.8 Å². The van der Waals surface area contributed by atoms with Crippen LogP contribution in [-0.2, 0) is 6.42 Å². The molecule has 0 saturated heterocycles. The molecule has 1 aromatic rings. The summed E-state index contributed by atoms with van der Waals surface area (Å²) in [6.45, 7) is 9.86. The van der Waals surface area contributed by atoms with E-state index in [9.17, 15) is 0 Å². The molecule has 0 aromatic heterocycles. The highest BCUT2D eigenvalue weighted by atomic mass is 35.5. The molecule has 0 amide bonds. The molecule has 1 aromatic carbocycles. The number of aryl methyl sites for hydroxylation is 1. The second-order valence-corrected chi connectivity index (χ2v) is 7.35. The minimum absolute atomic E-state index is 0.507. The first-order chi connectivity index (χ1) is 9.02. The zero-order valence-electron chi connectivity index (χ0n) is 12.5. The summed E-state index contributed by atoms with van der Waals surface area (Å²) in [5.41, 5.74) is 2.48. The molecule has 0 fully saturated rings. The van der Waals surface area contributed by atoms with Gasteiger partial charge in [-0.05, 0) is 48.8 Å². The zero-order valence-corrected chi connectivity index (χ0v) is 14.1. The number of rotatable bonds is 8. The van der Waals surface area contributed by atoms with Crippen molar-refractivity contribution < 1.29 is 0 Å². The molecule has 19 heavy (non-hydrogen) atoms. The molecule has 1 N–H and O–H groups in total. The Morgan fingerprint density at radius 2 is 2.05 bits per heavy atom. The van der Waals surface area contributed by atoms with Crippen LogP contribution in [-0.4, -0.2) is 23.6 Å². The number of hydrogen-bond donors (Lipinski definition) is 1. The fourth-order valence-corrected chi connectivity index (χ4v) is 3.10. The first-order valence-corrected chi connectivity index (χ1v) is 8.55. The fraction of sp³-hybridized carbons (Fsp3) is 0.625. The molecule has 0 bridgehead atoms. The first-order valence-electron chi connectivity index (χ1n) is 7.13. The number of benzene rings is 1. The first kappa shape index (κ1) is 16.9. The molecule has 0 radical (unpaired) electrons. The Morgan fingerprint density at radius 1 is 1.32 bits per heavy atom. The van der Waals surface area contributed by atoms with Crippen molar-refractivity contribution in [3.8, 4) is 0 Å². The Labute approximate surface area is 127 Å². The van der Waals surface area contributed by atoms with Gasteiger partial charge < -0.3 is 5.32 Å². The normalized spacial score (nSPS) is 12.9. The third-order valence-corrected chi connectivity index (χ3v) is 4.60. The molecule has 0 aliphatic carbocycles. The van der Waals surface area contributed by atoms with Crippen molar-refractivity contribution in [2.45, 2.75) is 51.8 Å². The maximum absolute atomic E-state index is 6.34. The van der Waals surface area contributed by atoms with Crippen molar-refractivity contribution >= 4 is 23.4 Å². The van der Waals surface area contributed by atoms with Crippen LogP contribution in [0.15, 0.2) is 18.2 Å². The third-order valence-electron chi connectivity index (χ3n) is 2.99. The van der Waals surface area contributed by atoms with E-state index in [1.54, 1.807) is 0 Å². The maximum Gasteiger partial charge on any atom is 0.0441 e. The number of nitrogens with one attached hydrogen (secondary N) is 1. The van der Waals surface area contributed by atoms with Gasteiger partial charge in [0.25, 0.3) is 0 Å². The number of hydrogen-bond acceptors (Lipinski definition) is 2. The molecule has 0 spiro atoms. The summed E-state index contributed by atoms with van der Waals surface area (Å²) in [6, 6.07) is 6.88. The van der Waals surface area contributed by atoms with Gasteiger partial charge in [0.15, 0.2) is 0 Å². The van der Waals surface area contributed by atoms with Gasteiger partial charge in [-0.3, -0.25) is 0 Å². The lowest BCUT2D eigenvalue weighted by Gasteiger charge is -2.20. The highest BCUT2D eigenvalue weighted by molar-refractivity contribution is 7.99. The molecule has 0 saturated carbocycles.